The molecule has 4 nitrogen and oxygen atoms in total. The van der Waals surface area contributed by atoms with Gasteiger partial charge in [0.1, 0.15) is 0 Å². The molecule has 1 aliphatic rings. The third-order valence-corrected chi connectivity index (χ3v) is 4.64. The summed E-state index contributed by atoms with van der Waals surface area (Å²) in [6.07, 6.45) is 4.45. The molecule has 0 N–H and O–H groups in total. The molecule has 1 amide bonds. The minimum absolute atomic E-state index is 0.286. The number of aryl methyl sites for hydroxylation is 1. The van der Waals surface area contributed by atoms with Crippen molar-refractivity contribution < 1.29 is 4.79 Å². The molecule has 0 spiro atoms. The minimum atomic E-state index is 0.286. The van der Waals surface area contributed by atoms with E-state index in [1.54, 1.807) is 0 Å². The zero-order chi connectivity index (χ0) is 16.3. The van der Waals surface area contributed by atoms with Crippen molar-refractivity contribution in [1.82, 2.24) is 14.7 Å². The molecule has 0 aromatic carbocycles. The van der Waals surface area contributed by atoms with E-state index in [4.69, 9.17) is 0 Å². The van der Waals surface area contributed by atoms with Crippen LogP contribution in [0, 0.1) is 25.7 Å². The van der Waals surface area contributed by atoms with Crippen molar-refractivity contribution in [2.45, 2.75) is 53.5 Å². The first-order valence-corrected chi connectivity index (χ1v) is 8.33. The van der Waals surface area contributed by atoms with E-state index in [1.807, 2.05) is 17.7 Å². The second-order valence-electron chi connectivity index (χ2n) is 6.86. The maximum atomic E-state index is 12.5. The van der Waals surface area contributed by atoms with E-state index in [-0.39, 0.29) is 5.91 Å². The highest BCUT2D eigenvalue weighted by Crippen LogP contribution is 2.22. The molecule has 1 saturated heterocycles. The molecule has 0 aliphatic carbocycles. The van der Waals surface area contributed by atoms with Crippen molar-refractivity contribution in [2.24, 2.45) is 11.8 Å². The molecule has 0 saturated carbocycles. The average Bonchev–Trinajstić information content (AvgIpc) is 2.70. The van der Waals surface area contributed by atoms with Crippen molar-refractivity contribution in [3.8, 4) is 0 Å². The van der Waals surface area contributed by atoms with Gasteiger partial charge in [-0.3, -0.25) is 9.48 Å². The molecule has 2 atom stereocenters. The van der Waals surface area contributed by atoms with Gasteiger partial charge in [-0.1, -0.05) is 19.9 Å². The Balaban J connectivity index is 1.98. The molecule has 0 bridgehead atoms. The van der Waals surface area contributed by atoms with Gasteiger partial charge in [-0.2, -0.15) is 5.10 Å². The quantitative estimate of drug-likeness (QED) is 0.784. The van der Waals surface area contributed by atoms with Gasteiger partial charge in [-0.25, -0.2) is 0 Å². The molecule has 1 fully saturated rings. The molecule has 4 heteroatoms. The van der Waals surface area contributed by atoms with E-state index in [2.05, 4.69) is 37.3 Å². The molecule has 1 aromatic heterocycles. The number of carbonyl (C=O) groups is 1. The highest BCUT2D eigenvalue weighted by molar-refractivity contribution is 5.76. The number of nitrogens with zero attached hydrogens (tertiary/aromatic N) is 3. The Hall–Kier alpha value is -1.58. The number of piperidine rings is 1. The van der Waals surface area contributed by atoms with Crippen molar-refractivity contribution in [1.29, 1.82) is 0 Å². The first-order valence-electron chi connectivity index (χ1n) is 8.33. The van der Waals surface area contributed by atoms with E-state index in [1.165, 1.54) is 12.0 Å². The van der Waals surface area contributed by atoms with Gasteiger partial charge in [0.25, 0.3) is 0 Å². The third kappa shape index (κ3) is 3.79. The van der Waals surface area contributed by atoms with Gasteiger partial charge in [0.2, 0.25) is 5.91 Å². The number of amides is 1. The van der Waals surface area contributed by atoms with E-state index < -0.39 is 0 Å². The van der Waals surface area contributed by atoms with Crippen molar-refractivity contribution in [3.63, 3.8) is 0 Å². The molecular formula is C18H29N3O. The fourth-order valence-electron chi connectivity index (χ4n) is 3.65. The summed E-state index contributed by atoms with van der Waals surface area (Å²) in [5.41, 5.74) is 3.41. The Kier molecular flexibility index (Phi) is 5.43. The fourth-order valence-corrected chi connectivity index (χ4v) is 3.65. The predicted octanol–water partition coefficient (Wildman–Crippen LogP) is 3.12. The monoisotopic (exact) mass is 303 g/mol. The summed E-state index contributed by atoms with van der Waals surface area (Å²) < 4.78 is 1.97. The molecule has 0 radical (unpaired) electrons. The lowest BCUT2D eigenvalue weighted by molar-refractivity contribution is -0.133. The molecule has 22 heavy (non-hydrogen) atoms. The first-order chi connectivity index (χ1) is 10.4. The van der Waals surface area contributed by atoms with Gasteiger partial charge in [0, 0.05) is 25.2 Å². The summed E-state index contributed by atoms with van der Waals surface area (Å²) in [5, 5.41) is 4.53. The molecule has 0 unspecified atom stereocenters. The van der Waals surface area contributed by atoms with Crippen LogP contribution in [0.2, 0.25) is 0 Å². The normalized spacial score (nSPS) is 21.9. The second kappa shape index (κ2) is 7.12. The molecule has 2 heterocycles. The average molecular weight is 303 g/mol. The SMILES string of the molecule is C=CCn1nc(C)c(CCC(=O)N2C[C@H](C)C[C@@H](C)C2)c1C. The zero-order valence-corrected chi connectivity index (χ0v) is 14.4. The van der Waals surface area contributed by atoms with E-state index in [0.29, 0.717) is 18.3 Å². The standard InChI is InChI=1S/C18H29N3O/c1-6-9-21-16(5)17(15(4)19-21)7-8-18(22)20-11-13(2)10-14(3)12-20/h6,13-14H,1,7-12H2,2-5H3/t13-,14-/m1/s1. The van der Waals surface area contributed by atoms with Crippen molar-refractivity contribution in [3.05, 3.63) is 29.6 Å². The van der Waals surface area contributed by atoms with Crippen LogP contribution >= 0.6 is 0 Å². The molecule has 2 rings (SSSR count). The second-order valence-corrected chi connectivity index (χ2v) is 6.86. The molecule has 1 aromatic rings. The highest BCUT2D eigenvalue weighted by Gasteiger charge is 2.25. The van der Waals surface area contributed by atoms with Crippen LogP contribution in [0.1, 0.15) is 43.6 Å². The number of hydrogen-bond donors (Lipinski definition) is 0. The van der Waals surface area contributed by atoms with E-state index in [9.17, 15) is 4.79 Å². The van der Waals surface area contributed by atoms with Gasteiger partial charge in [0.05, 0.1) is 12.2 Å². The lowest BCUT2D eigenvalue weighted by Crippen LogP contribution is -2.42. The van der Waals surface area contributed by atoms with Crippen LogP contribution in [-0.2, 0) is 17.8 Å². The zero-order valence-electron chi connectivity index (χ0n) is 14.4. The summed E-state index contributed by atoms with van der Waals surface area (Å²) in [6, 6.07) is 0. The van der Waals surface area contributed by atoms with Gasteiger partial charge >= 0.3 is 0 Å². The van der Waals surface area contributed by atoms with Crippen LogP contribution in [-0.4, -0.2) is 33.7 Å². The number of carbonyl (C=O) groups excluding carboxylic acids is 1. The molecule has 1 aliphatic heterocycles. The van der Waals surface area contributed by atoms with Crippen LogP contribution in [0.5, 0.6) is 0 Å². The Morgan fingerprint density at radius 3 is 2.55 bits per heavy atom. The lowest BCUT2D eigenvalue weighted by atomic mass is 9.91. The van der Waals surface area contributed by atoms with Crippen molar-refractivity contribution in [2.75, 3.05) is 13.1 Å². The summed E-state index contributed by atoms with van der Waals surface area (Å²) in [6.45, 7) is 14.9. The summed E-state index contributed by atoms with van der Waals surface area (Å²) in [4.78, 5) is 14.6. The first kappa shape index (κ1) is 16.8. The van der Waals surface area contributed by atoms with Crippen molar-refractivity contribution >= 4 is 5.91 Å². The van der Waals surface area contributed by atoms with Gasteiger partial charge in [-0.05, 0) is 44.1 Å². The van der Waals surface area contributed by atoms with Crippen LogP contribution in [0.4, 0.5) is 0 Å². The topological polar surface area (TPSA) is 38.1 Å². The Labute approximate surface area is 134 Å². The lowest BCUT2D eigenvalue weighted by Gasteiger charge is -2.35. The summed E-state index contributed by atoms with van der Waals surface area (Å²) >= 11 is 0. The Morgan fingerprint density at radius 1 is 1.32 bits per heavy atom. The summed E-state index contributed by atoms with van der Waals surface area (Å²) in [7, 11) is 0. The Morgan fingerprint density at radius 2 is 1.95 bits per heavy atom. The largest absolute Gasteiger partial charge is 0.342 e. The Bertz CT molecular complexity index is 537. The maximum Gasteiger partial charge on any atom is 0.222 e. The molecule has 122 valence electrons. The van der Waals surface area contributed by atoms with Crippen LogP contribution in [0.25, 0.3) is 0 Å². The summed E-state index contributed by atoms with van der Waals surface area (Å²) in [5.74, 6) is 1.52. The number of rotatable bonds is 5. The van der Waals surface area contributed by atoms with Crippen LogP contribution < -0.4 is 0 Å². The minimum Gasteiger partial charge on any atom is -0.342 e. The van der Waals surface area contributed by atoms with Gasteiger partial charge in [-0.15, -0.1) is 6.58 Å². The predicted molar refractivity (Wildman–Crippen MR) is 89.7 cm³/mol. The fraction of sp³-hybridized carbons (Fsp3) is 0.667. The van der Waals surface area contributed by atoms with Gasteiger partial charge in [0.15, 0.2) is 0 Å². The number of likely N-dealkylation sites (tertiary alicyclic amines) is 1. The number of allylic oxidation sites excluding steroid dienone is 1. The van der Waals surface area contributed by atoms with E-state index in [0.717, 1.165) is 37.4 Å². The third-order valence-electron chi connectivity index (χ3n) is 4.64. The number of hydrogen-bond acceptors (Lipinski definition) is 2. The van der Waals surface area contributed by atoms with E-state index >= 15 is 0 Å². The highest BCUT2D eigenvalue weighted by atomic mass is 16.2. The number of aromatic nitrogens is 2. The van der Waals surface area contributed by atoms with Gasteiger partial charge < -0.3 is 4.90 Å². The maximum absolute atomic E-state index is 12.5. The van der Waals surface area contributed by atoms with Crippen LogP contribution in [0.3, 0.4) is 0 Å². The smallest absolute Gasteiger partial charge is 0.222 e. The van der Waals surface area contributed by atoms with Crippen LogP contribution in [0.15, 0.2) is 12.7 Å². The molecular weight excluding hydrogens is 274 g/mol.